The number of nitrogens with one attached hydrogen (secondary N) is 1. The smallest absolute Gasteiger partial charge is 0.262 e. The molecule has 2 aromatic carbocycles. The Hall–Kier alpha value is -2.64. The molecule has 3 rings (SSSR count). The first-order valence-electron chi connectivity index (χ1n) is 9.94. The third kappa shape index (κ3) is 5.09. The van der Waals surface area contributed by atoms with Crippen LogP contribution in [0.5, 0.6) is 0 Å². The van der Waals surface area contributed by atoms with Crippen LogP contribution in [0, 0.1) is 13.8 Å². The lowest BCUT2D eigenvalue weighted by atomic mass is 10.1. The van der Waals surface area contributed by atoms with Crippen LogP contribution in [0.3, 0.4) is 0 Å². The van der Waals surface area contributed by atoms with Gasteiger partial charge < -0.3 is 10.1 Å². The van der Waals surface area contributed by atoms with Crippen molar-refractivity contribution in [3.63, 3.8) is 0 Å². The second-order valence-electron chi connectivity index (χ2n) is 7.28. The number of thioether (sulfide) groups is 1. The summed E-state index contributed by atoms with van der Waals surface area (Å²) in [6.45, 7) is 6.81. The van der Waals surface area contributed by atoms with Crippen LogP contribution in [0.25, 0.3) is 10.9 Å². The standard InChI is InChI=1S/C23H27N3O3S/c1-15-10-11-16(2)20(14-15)24-21(27)17(3)30-23-25-19-9-6-5-8-18(19)22(28)26(23)12-7-13-29-4/h5-6,8-11,14,17H,7,12-13H2,1-4H3,(H,24,27)/t17-/m0/s1. The van der Waals surface area contributed by atoms with Crippen LogP contribution in [0.1, 0.15) is 24.5 Å². The molecular weight excluding hydrogens is 398 g/mol. The molecule has 1 heterocycles. The molecule has 7 heteroatoms. The van der Waals surface area contributed by atoms with Crippen molar-refractivity contribution in [3.8, 4) is 0 Å². The van der Waals surface area contributed by atoms with Crippen molar-refractivity contribution in [2.24, 2.45) is 0 Å². The molecular formula is C23H27N3O3S. The largest absolute Gasteiger partial charge is 0.385 e. The molecule has 1 amide bonds. The summed E-state index contributed by atoms with van der Waals surface area (Å²) in [6, 6.07) is 13.2. The second kappa shape index (κ2) is 9.91. The molecule has 0 saturated carbocycles. The highest BCUT2D eigenvalue weighted by Crippen LogP contribution is 2.25. The van der Waals surface area contributed by atoms with E-state index in [1.165, 1.54) is 11.8 Å². The predicted molar refractivity (Wildman–Crippen MR) is 122 cm³/mol. The monoisotopic (exact) mass is 425 g/mol. The third-order valence-electron chi connectivity index (χ3n) is 4.86. The van der Waals surface area contributed by atoms with Crippen LogP contribution in [0.4, 0.5) is 5.69 Å². The van der Waals surface area contributed by atoms with E-state index < -0.39 is 5.25 Å². The van der Waals surface area contributed by atoms with E-state index in [1.807, 2.05) is 57.2 Å². The van der Waals surface area contributed by atoms with Crippen LogP contribution >= 0.6 is 11.8 Å². The van der Waals surface area contributed by atoms with Crippen molar-refractivity contribution in [2.45, 2.75) is 44.1 Å². The van der Waals surface area contributed by atoms with Gasteiger partial charge in [0, 0.05) is 25.9 Å². The predicted octanol–water partition coefficient (Wildman–Crippen LogP) is 4.17. The Bertz CT molecular complexity index is 1110. The molecule has 30 heavy (non-hydrogen) atoms. The quantitative estimate of drug-likeness (QED) is 0.333. The minimum Gasteiger partial charge on any atom is -0.385 e. The molecule has 1 aromatic heterocycles. The van der Waals surface area contributed by atoms with Gasteiger partial charge in [-0.3, -0.25) is 14.2 Å². The fraction of sp³-hybridized carbons (Fsp3) is 0.348. The topological polar surface area (TPSA) is 73.2 Å². The summed E-state index contributed by atoms with van der Waals surface area (Å²) < 4.78 is 6.78. The van der Waals surface area contributed by atoms with Gasteiger partial charge in [0.2, 0.25) is 5.91 Å². The molecule has 0 aliphatic carbocycles. The highest BCUT2D eigenvalue weighted by molar-refractivity contribution is 8.00. The van der Waals surface area contributed by atoms with Gasteiger partial charge in [0.05, 0.1) is 16.2 Å². The molecule has 0 radical (unpaired) electrons. The molecule has 0 unspecified atom stereocenters. The van der Waals surface area contributed by atoms with E-state index in [0.717, 1.165) is 16.8 Å². The normalized spacial score (nSPS) is 12.1. The van der Waals surface area contributed by atoms with E-state index in [2.05, 4.69) is 10.3 Å². The summed E-state index contributed by atoms with van der Waals surface area (Å²) in [5.41, 5.74) is 3.43. The Morgan fingerprint density at radius 1 is 1.23 bits per heavy atom. The van der Waals surface area contributed by atoms with E-state index >= 15 is 0 Å². The van der Waals surface area contributed by atoms with E-state index in [-0.39, 0.29) is 11.5 Å². The van der Waals surface area contributed by atoms with E-state index in [9.17, 15) is 9.59 Å². The molecule has 158 valence electrons. The first-order valence-corrected chi connectivity index (χ1v) is 10.8. The van der Waals surface area contributed by atoms with Gasteiger partial charge in [-0.25, -0.2) is 4.98 Å². The summed E-state index contributed by atoms with van der Waals surface area (Å²) >= 11 is 1.29. The maximum Gasteiger partial charge on any atom is 0.262 e. The number of aryl methyl sites for hydroxylation is 2. The van der Waals surface area contributed by atoms with E-state index in [1.54, 1.807) is 17.7 Å². The Morgan fingerprint density at radius 2 is 2.00 bits per heavy atom. The van der Waals surface area contributed by atoms with Gasteiger partial charge in [-0.1, -0.05) is 36.0 Å². The average Bonchev–Trinajstić information content (AvgIpc) is 2.73. The number of hydrogen-bond acceptors (Lipinski definition) is 5. The minimum atomic E-state index is -0.424. The van der Waals surface area contributed by atoms with Crippen molar-refractivity contribution in [3.05, 3.63) is 63.9 Å². The molecule has 6 nitrogen and oxygen atoms in total. The summed E-state index contributed by atoms with van der Waals surface area (Å²) in [5, 5.41) is 3.69. The van der Waals surface area contributed by atoms with Crippen molar-refractivity contribution in [2.75, 3.05) is 19.0 Å². The summed E-state index contributed by atoms with van der Waals surface area (Å²) in [6.07, 6.45) is 0.688. The fourth-order valence-electron chi connectivity index (χ4n) is 3.12. The molecule has 0 aliphatic heterocycles. The van der Waals surface area contributed by atoms with Gasteiger partial charge in [0.15, 0.2) is 5.16 Å². The van der Waals surface area contributed by atoms with Gasteiger partial charge in [-0.05, 0) is 56.5 Å². The highest BCUT2D eigenvalue weighted by Gasteiger charge is 2.20. The maximum atomic E-state index is 13.0. The number of fused-ring (bicyclic) bond motifs is 1. The lowest BCUT2D eigenvalue weighted by Gasteiger charge is -2.17. The maximum absolute atomic E-state index is 13.0. The number of ether oxygens (including phenoxy) is 1. The molecule has 1 atom stereocenters. The zero-order chi connectivity index (χ0) is 21.7. The second-order valence-corrected chi connectivity index (χ2v) is 8.59. The first kappa shape index (κ1) is 22.1. The van der Waals surface area contributed by atoms with Crippen LogP contribution in [0.15, 0.2) is 52.4 Å². The Labute approximate surface area is 180 Å². The Morgan fingerprint density at radius 3 is 2.77 bits per heavy atom. The zero-order valence-corrected chi connectivity index (χ0v) is 18.6. The summed E-state index contributed by atoms with van der Waals surface area (Å²) in [4.78, 5) is 30.6. The number of carbonyl (C=O) groups is 1. The van der Waals surface area contributed by atoms with Crippen LogP contribution < -0.4 is 10.9 Å². The number of para-hydroxylation sites is 1. The molecule has 0 saturated heterocycles. The van der Waals surface area contributed by atoms with Crippen LogP contribution in [-0.2, 0) is 16.1 Å². The first-order chi connectivity index (χ1) is 14.4. The Kier molecular flexibility index (Phi) is 7.29. The fourth-order valence-corrected chi connectivity index (χ4v) is 4.05. The van der Waals surface area contributed by atoms with E-state index in [4.69, 9.17) is 4.74 Å². The molecule has 0 aliphatic rings. The van der Waals surface area contributed by atoms with Gasteiger partial charge in [0.1, 0.15) is 0 Å². The number of benzene rings is 2. The van der Waals surface area contributed by atoms with Crippen molar-refractivity contribution in [1.82, 2.24) is 9.55 Å². The molecule has 0 bridgehead atoms. The summed E-state index contributed by atoms with van der Waals surface area (Å²) in [7, 11) is 1.64. The number of amides is 1. The van der Waals surface area contributed by atoms with Gasteiger partial charge in [-0.2, -0.15) is 0 Å². The zero-order valence-electron chi connectivity index (χ0n) is 17.8. The number of hydrogen-bond donors (Lipinski definition) is 1. The SMILES string of the molecule is COCCCn1c(S[C@@H](C)C(=O)Nc2cc(C)ccc2C)nc2ccccc2c1=O. The summed E-state index contributed by atoms with van der Waals surface area (Å²) in [5.74, 6) is -0.125. The lowest BCUT2D eigenvalue weighted by Crippen LogP contribution is -2.27. The van der Waals surface area contributed by atoms with Crippen molar-refractivity contribution >= 4 is 34.3 Å². The number of carbonyl (C=O) groups excluding carboxylic acids is 1. The van der Waals surface area contributed by atoms with Gasteiger partial charge in [-0.15, -0.1) is 0 Å². The molecule has 3 aromatic rings. The molecule has 1 N–H and O–H groups in total. The highest BCUT2D eigenvalue weighted by atomic mass is 32.2. The minimum absolute atomic E-state index is 0.0960. The van der Waals surface area contributed by atoms with Crippen LogP contribution in [-0.4, -0.2) is 34.4 Å². The van der Waals surface area contributed by atoms with Gasteiger partial charge >= 0.3 is 0 Å². The number of aromatic nitrogens is 2. The Balaban J connectivity index is 1.87. The lowest BCUT2D eigenvalue weighted by molar-refractivity contribution is -0.115. The number of rotatable bonds is 8. The van der Waals surface area contributed by atoms with Gasteiger partial charge in [0.25, 0.3) is 5.56 Å². The number of anilines is 1. The van der Waals surface area contributed by atoms with Crippen molar-refractivity contribution < 1.29 is 9.53 Å². The number of nitrogens with zero attached hydrogens (tertiary/aromatic N) is 2. The third-order valence-corrected chi connectivity index (χ3v) is 5.95. The molecule has 0 spiro atoms. The molecule has 0 fully saturated rings. The van der Waals surface area contributed by atoms with Crippen LogP contribution in [0.2, 0.25) is 0 Å². The van der Waals surface area contributed by atoms with Crippen molar-refractivity contribution in [1.29, 1.82) is 0 Å². The average molecular weight is 426 g/mol. The van der Waals surface area contributed by atoms with E-state index in [0.29, 0.717) is 35.6 Å². The number of methoxy groups -OCH3 is 1.